The van der Waals surface area contributed by atoms with Gasteiger partial charge in [0.05, 0.1) is 5.69 Å². The summed E-state index contributed by atoms with van der Waals surface area (Å²) in [4.78, 5) is 14.7. The molecule has 20 heavy (non-hydrogen) atoms. The number of anilines is 1. The highest BCUT2D eigenvalue weighted by Crippen LogP contribution is 2.36. The van der Waals surface area contributed by atoms with E-state index in [-0.39, 0.29) is 11.6 Å². The number of likely N-dealkylation sites (tertiary alicyclic amines) is 1. The van der Waals surface area contributed by atoms with Crippen LogP contribution >= 0.6 is 0 Å². The van der Waals surface area contributed by atoms with Crippen LogP contribution in [0.3, 0.4) is 0 Å². The second-order valence-electron chi connectivity index (χ2n) is 5.99. The van der Waals surface area contributed by atoms with Gasteiger partial charge in [0.1, 0.15) is 5.82 Å². The summed E-state index contributed by atoms with van der Waals surface area (Å²) in [5.41, 5.74) is 6.13. The summed E-state index contributed by atoms with van der Waals surface area (Å²) in [6, 6.07) is 4.66. The van der Waals surface area contributed by atoms with Crippen molar-refractivity contribution in [2.45, 2.75) is 44.6 Å². The highest BCUT2D eigenvalue weighted by Gasteiger charge is 2.35. The van der Waals surface area contributed by atoms with Crippen molar-refractivity contribution in [2.75, 3.05) is 12.3 Å². The molecule has 2 aliphatic rings. The standard InChI is InChI=1S/C16H21FN2O/c17-13-8-7-12(10-14(13)18)16(20)19-9-3-5-11-4-1-2-6-15(11)19/h7-8,10-11,15H,1-6,9,18H2. The van der Waals surface area contributed by atoms with Gasteiger partial charge in [-0.1, -0.05) is 12.8 Å². The highest BCUT2D eigenvalue weighted by molar-refractivity contribution is 5.95. The lowest BCUT2D eigenvalue weighted by atomic mass is 9.78. The first kappa shape index (κ1) is 13.4. The van der Waals surface area contributed by atoms with Crippen molar-refractivity contribution in [3.8, 4) is 0 Å². The van der Waals surface area contributed by atoms with Gasteiger partial charge in [0.2, 0.25) is 0 Å². The summed E-state index contributed by atoms with van der Waals surface area (Å²) in [6.07, 6.45) is 7.14. The fraction of sp³-hybridized carbons (Fsp3) is 0.562. The number of hydrogen-bond donors (Lipinski definition) is 1. The van der Waals surface area contributed by atoms with Crippen molar-refractivity contribution < 1.29 is 9.18 Å². The number of nitrogens with zero attached hydrogens (tertiary/aromatic N) is 1. The minimum atomic E-state index is -0.462. The Hall–Kier alpha value is -1.58. The summed E-state index contributed by atoms with van der Waals surface area (Å²) in [5, 5.41) is 0. The monoisotopic (exact) mass is 276 g/mol. The zero-order chi connectivity index (χ0) is 14.1. The molecular formula is C16H21FN2O. The molecule has 0 aromatic heterocycles. The number of nitrogens with two attached hydrogens (primary N) is 1. The molecule has 108 valence electrons. The number of nitrogen functional groups attached to an aromatic ring is 1. The molecule has 2 N–H and O–H groups in total. The van der Waals surface area contributed by atoms with Crippen LogP contribution in [0.5, 0.6) is 0 Å². The van der Waals surface area contributed by atoms with E-state index in [9.17, 15) is 9.18 Å². The Morgan fingerprint density at radius 1 is 1.20 bits per heavy atom. The molecule has 0 radical (unpaired) electrons. The van der Waals surface area contributed by atoms with Gasteiger partial charge in [-0.25, -0.2) is 4.39 Å². The lowest BCUT2D eigenvalue weighted by molar-refractivity contribution is 0.0390. The molecule has 4 heteroatoms. The molecule has 0 bridgehead atoms. The van der Waals surface area contributed by atoms with Crippen molar-refractivity contribution in [3.63, 3.8) is 0 Å². The van der Waals surface area contributed by atoms with Crippen LogP contribution in [0.1, 0.15) is 48.9 Å². The van der Waals surface area contributed by atoms with Gasteiger partial charge < -0.3 is 10.6 Å². The summed E-state index contributed by atoms with van der Waals surface area (Å²) in [6.45, 7) is 0.817. The third-order valence-electron chi connectivity index (χ3n) is 4.75. The fourth-order valence-corrected chi connectivity index (χ4v) is 3.72. The topological polar surface area (TPSA) is 46.3 Å². The summed E-state index contributed by atoms with van der Waals surface area (Å²) in [5.74, 6) is 0.197. The number of hydrogen-bond acceptors (Lipinski definition) is 2. The predicted molar refractivity (Wildman–Crippen MR) is 76.8 cm³/mol. The maximum Gasteiger partial charge on any atom is 0.254 e. The van der Waals surface area contributed by atoms with Crippen LogP contribution in [0.15, 0.2) is 18.2 Å². The van der Waals surface area contributed by atoms with Crippen LogP contribution in [0.25, 0.3) is 0 Å². The lowest BCUT2D eigenvalue weighted by Gasteiger charge is -2.44. The molecular weight excluding hydrogens is 255 g/mol. The molecule has 1 amide bonds. The summed E-state index contributed by atoms with van der Waals surface area (Å²) >= 11 is 0. The van der Waals surface area contributed by atoms with E-state index in [1.54, 1.807) is 6.07 Å². The first-order chi connectivity index (χ1) is 9.66. The van der Waals surface area contributed by atoms with Crippen LogP contribution < -0.4 is 5.73 Å². The Bertz CT molecular complexity index is 515. The molecule has 2 unspecified atom stereocenters. The molecule has 3 rings (SSSR count). The Morgan fingerprint density at radius 3 is 2.75 bits per heavy atom. The van der Waals surface area contributed by atoms with E-state index in [4.69, 9.17) is 5.73 Å². The highest BCUT2D eigenvalue weighted by atomic mass is 19.1. The Labute approximate surface area is 118 Å². The van der Waals surface area contributed by atoms with Gasteiger partial charge in [-0.2, -0.15) is 0 Å². The first-order valence-corrected chi connectivity index (χ1v) is 7.53. The lowest BCUT2D eigenvalue weighted by Crippen LogP contribution is -2.49. The number of halogens is 1. The Balaban J connectivity index is 1.83. The average molecular weight is 276 g/mol. The van der Waals surface area contributed by atoms with Crippen LogP contribution in [-0.2, 0) is 0 Å². The predicted octanol–water partition coefficient (Wildman–Crippen LogP) is 3.20. The van der Waals surface area contributed by atoms with E-state index >= 15 is 0 Å². The number of benzene rings is 1. The quantitative estimate of drug-likeness (QED) is 0.801. The maximum atomic E-state index is 13.2. The third kappa shape index (κ3) is 2.39. The number of rotatable bonds is 1. The van der Waals surface area contributed by atoms with Crippen molar-refractivity contribution in [1.29, 1.82) is 0 Å². The largest absolute Gasteiger partial charge is 0.396 e. The minimum Gasteiger partial charge on any atom is -0.396 e. The summed E-state index contributed by atoms with van der Waals surface area (Å²) in [7, 11) is 0. The van der Waals surface area contributed by atoms with Crippen molar-refractivity contribution in [3.05, 3.63) is 29.6 Å². The zero-order valence-corrected chi connectivity index (χ0v) is 11.6. The molecule has 1 heterocycles. The maximum absolute atomic E-state index is 13.2. The van der Waals surface area contributed by atoms with E-state index < -0.39 is 5.82 Å². The van der Waals surface area contributed by atoms with Gasteiger partial charge in [0.25, 0.3) is 5.91 Å². The molecule has 2 atom stereocenters. The van der Waals surface area contributed by atoms with Gasteiger partial charge in [-0.3, -0.25) is 4.79 Å². The second kappa shape index (κ2) is 5.43. The Kier molecular flexibility index (Phi) is 3.64. The molecule has 1 saturated heterocycles. The van der Waals surface area contributed by atoms with Gasteiger partial charge in [0.15, 0.2) is 0 Å². The number of carbonyl (C=O) groups is 1. The van der Waals surface area contributed by atoms with Crippen molar-refractivity contribution in [2.24, 2.45) is 5.92 Å². The van der Waals surface area contributed by atoms with E-state index in [0.717, 1.165) is 19.4 Å². The molecule has 1 aliphatic heterocycles. The average Bonchev–Trinajstić information content (AvgIpc) is 2.49. The van der Waals surface area contributed by atoms with Gasteiger partial charge >= 0.3 is 0 Å². The van der Waals surface area contributed by atoms with E-state index in [1.807, 2.05) is 4.90 Å². The molecule has 1 aliphatic carbocycles. The molecule has 3 nitrogen and oxygen atoms in total. The molecule has 1 aromatic rings. The van der Waals surface area contributed by atoms with E-state index in [0.29, 0.717) is 17.5 Å². The smallest absolute Gasteiger partial charge is 0.254 e. The molecule has 1 aromatic carbocycles. The van der Waals surface area contributed by atoms with Crippen LogP contribution in [0, 0.1) is 11.7 Å². The molecule has 0 spiro atoms. The second-order valence-corrected chi connectivity index (χ2v) is 5.99. The number of amides is 1. The van der Waals surface area contributed by atoms with Gasteiger partial charge in [0, 0.05) is 18.2 Å². The molecule has 2 fully saturated rings. The molecule has 1 saturated carbocycles. The van der Waals surface area contributed by atoms with E-state index in [2.05, 4.69) is 0 Å². The van der Waals surface area contributed by atoms with Crippen molar-refractivity contribution in [1.82, 2.24) is 4.90 Å². The zero-order valence-electron chi connectivity index (χ0n) is 11.6. The van der Waals surface area contributed by atoms with Gasteiger partial charge in [-0.05, 0) is 49.8 Å². The van der Waals surface area contributed by atoms with Crippen LogP contribution in [-0.4, -0.2) is 23.4 Å². The van der Waals surface area contributed by atoms with Gasteiger partial charge in [-0.15, -0.1) is 0 Å². The third-order valence-corrected chi connectivity index (χ3v) is 4.75. The fourth-order valence-electron chi connectivity index (χ4n) is 3.72. The Morgan fingerprint density at radius 2 is 1.95 bits per heavy atom. The normalized spacial score (nSPS) is 26.1. The first-order valence-electron chi connectivity index (χ1n) is 7.53. The number of carbonyl (C=O) groups excluding carboxylic acids is 1. The summed E-state index contributed by atoms with van der Waals surface area (Å²) < 4.78 is 13.2. The van der Waals surface area contributed by atoms with Crippen molar-refractivity contribution >= 4 is 11.6 Å². The number of piperidine rings is 1. The minimum absolute atomic E-state index is 0.00769. The van der Waals surface area contributed by atoms with Crippen LogP contribution in [0.2, 0.25) is 0 Å². The SMILES string of the molecule is Nc1cc(C(=O)N2CCCC3CCCCC32)ccc1F. The number of fused-ring (bicyclic) bond motifs is 1. The van der Waals surface area contributed by atoms with E-state index in [1.165, 1.54) is 37.8 Å². The van der Waals surface area contributed by atoms with Crippen LogP contribution in [0.4, 0.5) is 10.1 Å².